The summed E-state index contributed by atoms with van der Waals surface area (Å²) in [5, 5.41) is 0. The van der Waals surface area contributed by atoms with Crippen LogP contribution in [0, 0.1) is 13.1 Å². The second kappa shape index (κ2) is 24.3. The first kappa shape index (κ1) is 29.8. The summed E-state index contributed by atoms with van der Waals surface area (Å²) in [7, 11) is 3.71. The molecule has 0 fully saturated rings. The first-order chi connectivity index (χ1) is 5.31. The van der Waals surface area contributed by atoms with Crippen molar-refractivity contribution in [2.45, 2.75) is 20.3 Å². The first-order valence-electron chi connectivity index (χ1n) is 4.08. The Kier molecular flexibility index (Phi) is 48.2. The van der Waals surface area contributed by atoms with E-state index in [0.29, 0.717) is 0 Å². The monoisotopic (exact) mass is 304 g/mol. The van der Waals surface area contributed by atoms with Crippen LogP contribution in [0.3, 0.4) is 0 Å². The fourth-order valence-corrected chi connectivity index (χ4v) is 0.564. The number of hydrogen-bond acceptors (Lipinski definition) is 1. The van der Waals surface area contributed by atoms with E-state index < -0.39 is 0 Å². The first-order valence-corrected chi connectivity index (χ1v) is 4.08. The molecule has 0 unspecified atom stereocenters. The van der Waals surface area contributed by atoms with Crippen molar-refractivity contribution in [3.05, 3.63) is 31.4 Å². The molecule has 0 atom stereocenters. The van der Waals surface area contributed by atoms with E-state index in [1.54, 1.807) is 0 Å². The normalized spacial score (nSPS) is 9.87. The van der Waals surface area contributed by atoms with Crippen molar-refractivity contribution < 1.29 is 58.9 Å². The average Bonchev–Trinajstić information content (AvgIpc) is 2.60. The second-order valence-electron chi connectivity index (χ2n) is 2.31. The maximum Gasteiger partial charge on any atom is 3.00 e. The molecule has 0 saturated carbocycles. The van der Waals surface area contributed by atoms with Gasteiger partial charge in [0.05, 0.1) is 0 Å². The van der Waals surface area contributed by atoms with Crippen LogP contribution in [0.4, 0.5) is 0 Å². The fourth-order valence-electron chi connectivity index (χ4n) is 0.564. The standard InChI is InChI=1S/C5H12N.C5H5.3ClH.Ti/c1-4-6(3)5-2;1-2-4-5-3-1;;;;/h3-5H2,1-2H3;1-3H,4H2;3*1H;/q2*-1;;;;+3/p-3. The van der Waals surface area contributed by atoms with Gasteiger partial charge in [-0.3, -0.25) is 13.1 Å². The molecule has 1 nitrogen and oxygen atoms in total. The van der Waals surface area contributed by atoms with Crippen LogP contribution in [0.1, 0.15) is 20.3 Å². The molecule has 1 rings (SSSR count). The van der Waals surface area contributed by atoms with Crippen LogP contribution < -0.4 is 37.2 Å². The van der Waals surface area contributed by atoms with Crippen LogP contribution in [0.25, 0.3) is 0 Å². The van der Waals surface area contributed by atoms with Gasteiger partial charge in [0.25, 0.3) is 0 Å². The Balaban J connectivity index is -0.0000000352. The van der Waals surface area contributed by atoms with Gasteiger partial charge in [0.15, 0.2) is 0 Å². The third-order valence-corrected chi connectivity index (χ3v) is 1.48. The zero-order valence-electron chi connectivity index (χ0n) is 9.14. The predicted octanol–water partition coefficient (Wildman–Crippen LogP) is -6.57. The van der Waals surface area contributed by atoms with Gasteiger partial charge in [0.2, 0.25) is 0 Å². The number of allylic oxidation sites excluding steroid dienone is 4. The van der Waals surface area contributed by atoms with Crippen LogP contribution in [0.5, 0.6) is 0 Å². The maximum atomic E-state index is 3.71. The summed E-state index contributed by atoms with van der Waals surface area (Å²) in [5.41, 5.74) is 0. The maximum absolute atomic E-state index is 3.71. The van der Waals surface area contributed by atoms with Gasteiger partial charge in [-0.1, -0.05) is 13.8 Å². The summed E-state index contributed by atoms with van der Waals surface area (Å²) in [4.78, 5) is 2.00. The molecular weight excluding hydrogens is 288 g/mol. The molecule has 1 radical (unpaired) electrons. The quantitative estimate of drug-likeness (QED) is 0.362. The Morgan fingerprint density at radius 3 is 1.73 bits per heavy atom. The van der Waals surface area contributed by atoms with E-state index in [2.05, 4.69) is 33.0 Å². The smallest absolute Gasteiger partial charge is 1.00 e. The van der Waals surface area contributed by atoms with Crippen molar-refractivity contribution in [2.75, 3.05) is 13.1 Å². The zero-order valence-corrected chi connectivity index (χ0v) is 13.0. The topological polar surface area (TPSA) is 3.24 Å². The van der Waals surface area contributed by atoms with Crippen molar-refractivity contribution >= 4 is 0 Å². The Morgan fingerprint density at radius 1 is 1.20 bits per heavy atom. The summed E-state index contributed by atoms with van der Waals surface area (Å²) in [6.07, 6.45) is 10.0. The minimum atomic E-state index is 0. The Labute approximate surface area is 128 Å². The third kappa shape index (κ3) is 25.4. The Hall–Kier alpha value is 1.02. The molecule has 0 N–H and O–H groups in total. The van der Waals surface area contributed by atoms with Crippen LogP contribution >= 0.6 is 0 Å². The van der Waals surface area contributed by atoms with E-state index in [1.165, 1.54) is 0 Å². The van der Waals surface area contributed by atoms with Gasteiger partial charge in [-0.15, -0.1) is 6.42 Å². The van der Waals surface area contributed by atoms with E-state index >= 15 is 0 Å². The van der Waals surface area contributed by atoms with Crippen molar-refractivity contribution in [3.63, 3.8) is 0 Å². The summed E-state index contributed by atoms with van der Waals surface area (Å²) in [5.74, 6) is 0. The van der Waals surface area contributed by atoms with Gasteiger partial charge in [-0.05, 0) is 13.1 Å². The number of hydrogen-bond donors (Lipinski definition) is 0. The molecule has 0 heterocycles. The molecule has 0 aromatic heterocycles. The van der Waals surface area contributed by atoms with Gasteiger partial charge < -0.3 is 42.1 Å². The van der Waals surface area contributed by atoms with E-state index in [0.717, 1.165) is 19.5 Å². The van der Waals surface area contributed by atoms with E-state index in [-0.39, 0.29) is 58.9 Å². The molecule has 0 bridgehead atoms. The van der Waals surface area contributed by atoms with Crippen molar-refractivity contribution in [1.82, 2.24) is 4.90 Å². The molecule has 1 aliphatic rings. The summed E-state index contributed by atoms with van der Waals surface area (Å²) in [6, 6.07) is 0. The Morgan fingerprint density at radius 2 is 1.67 bits per heavy atom. The van der Waals surface area contributed by atoms with Crippen molar-refractivity contribution in [1.29, 1.82) is 0 Å². The third-order valence-electron chi connectivity index (χ3n) is 1.48. The van der Waals surface area contributed by atoms with Gasteiger partial charge in [0.1, 0.15) is 0 Å². The van der Waals surface area contributed by atoms with Crippen molar-refractivity contribution in [3.8, 4) is 0 Å². The second-order valence-corrected chi connectivity index (χ2v) is 2.31. The average molecular weight is 305 g/mol. The number of rotatable bonds is 2. The van der Waals surface area contributed by atoms with Gasteiger partial charge in [-0.2, -0.15) is 6.08 Å². The summed E-state index contributed by atoms with van der Waals surface area (Å²) in [6.45, 7) is 6.29. The Bertz CT molecular complexity index is 127. The van der Waals surface area contributed by atoms with Gasteiger partial charge >= 0.3 is 21.7 Å². The molecule has 15 heavy (non-hydrogen) atoms. The van der Waals surface area contributed by atoms with Gasteiger partial charge in [0, 0.05) is 0 Å². The molecule has 0 aromatic carbocycles. The number of nitrogens with zero attached hydrogens (tertiary/aromatic N) is 1. The zero-order chi connectivity index (χ0) is 8.53. The molecule has 1 aliphatic carbocycles. The van der Waals surface area contributed by atoms with Crippen LogP contribution in [-0.4, -0.2) is 18.0 Å². The molecule has 5 heteroatoms. The molecule has 0 aromatic rings. The van der Waals surface area contributed by atoms with Gasteiger partial charge in [-0.25, -0.2) is 12.2 Å². The largest absolute Gasteiger partial charge is 3.00 e. The summed E-state index contributed by atoms with van der Waals surface area (Å²) >= 11 is 0. The van der Waals surface area contributed by atoms with E-state index in [9.17, 15) is 0 Å². The predicted molar refractivity (Wildman–Crippen MR) is 49.8 cm³/mol. The minimum Gasteiger partial charge on any atom is -1.00 e. The fraction of sp³-hybridized carbons (Fsp3) is 0.500. The molecular formula is C10H17Cl3NTi-2. The number of halogens is 3. The molecule has 89 valence electrons. The molecule has 0 spiro atoms. The summed E-state index contributed by atoms with van der Waals surface area (Å²) < 4.78 is 0. The van der Waals surface area contributed by atoms with E-state index in [1.807, 2.05) is 17.1 Å². The van der Waals surface area contributed by atoms with Crippen LogP contribution in [0.2, 0.25) is 0 Å². The van der Waals surface area contributed by atoms with Crippen LogP contribution in [-0.2, 0) is 21.7 Å². The molecule has 0 aliphatic heterocycles. The molecule has 0 saturated heterocycles. The SMILES string of the molecule is [C-]1=CC=CC1.[CH2-]N(CC)CC.[Cl-].[Cl-].[Cl-].[Ti+3]. The minimum absolute atomic E-state index is 0. The van der Waals surface area contributed by atoms with Crippen LogP contribution in [0.15, 0.2) is 18.2 Å². The van der Waals surface area contributed by atoms with E-state index in [4.69, 9.17) is 0 Å². The van der Waals surface area contributed by atoms with Crippen molar-refractivity contribution in [2.24, 2.45) is 0 Å². The molecule has 0 amide bonds.